The van der Waals surface area contributed by atoms with Crippen LogP contribution < -0.4 is 88.4 Å². The monoisotopic (exact) mass is 1210 g/mol. The Morgan fingerprint density at radius 2 is 0.942 bits per heavy atom. The Hall–Kier alpha value is -8.28. The minimum absolute atomic E-state index is 0.0366. The minimum Gasteiger partial charge on any atom is -0.480 e. The van der Waals surface area contributed by atoms with Gasteiger partial charge in [0.05, 0.1) is 6.04 Å². The highest BCUT2D eigenvalue weighted by Gasteiger charge is 2.36. The van der Waals surface area contributed by atoms with Gasteiger partial charge in [0, 0.05) is 43.2 Å². The van der Waals surface area contributed by atoms with Gasteiger partial charge in [0.2, 0.25) is 47.3 Å². The van der Waals surface area contributed by atoms with E-state index in [2.05, 4.69) is 62.5 Å². The second-order valence-electron chi connectivity index (χ2n) is 22.4. The smallest absolute Gasteiger partial charge is 0.326 e. The van der Waals surface area contributed by atoms with Crippen LogP contribution in [0.3, 0.4) is 0 Å². The number of nitrogens with two attached hydrogens (primary N) is 8. The van der Waals surface area contributed by atoms with E-state index in [0.29, 0.717) is 31.2 Å². The number of aliphatic imine (C=N–C) groups is 3. The fourth-order valence-electron chi connectivity index (χ4n) is 9.07. The number of carboxylic acid groups (broad SMARTS) is 1. The normalized spacial score (nSPS) is 14.7. The van der Waals surface area contributed by atoms with Crippen LogP contribution in [0, 0.1) is 17.8 Å². The van der Waals surface area contributed by atoms with Crippen LogP contribution in [0.4, 0.5) is 0 Å². The largest absolute Gasteiger partial charge is 0.480 e. The molecule has 0 aliphatic heterocycles. The lowest BCUT2D eigenvalue weighted by Gasteiger charge is -2.29. The van der Waals surface area contributed by atoms with Gasteiger partial charge < -0.3 is 98.5 Å². The number of rotatable bonds is 41. The zero-order chi connectivity index (χ0) is 64.6. The van der Waals surface area contributed by atoms with Crippen molar-refractivity contribution in [1.82, 2.24) is 47.5 Å². The molecule has 0 aliphatic carbocycles. The molecule has 1 aromatic heterocycles. The van der Waals surface area contributed by atoms with Crippen LogP contribution in [0.2, 0.25) is 0 Å². The summed E-state index contributed by atoms with van der Waals surface area (Å²) in [5, 5.41) is 32.4. The van der Waals surface area contributed by atoms with E-state index in [1.54, 1.807) is 20.0 Å². The molecule has 0 spiro atoms. The number of amides is 8. The van der Waals surface area contributed by atoms with Crippen molar-refractivity contribution in [3.63, 3.8) is 0 Å². The van der Waals surface area contributed by atoms with Crippen molar-refractivity contribution < 1.29 is 48.3 Å². The number of nitrogens with zero attached hydrogens (tertiary/aromatic N) is 3. The molecule has 0 aliphatic rings. The number of nitrogens with one attached hydrogen (secondary N) is 9. The van der Waals surface area contributed by atoms with Gasteiger partial charge >= 0.3 is 5.97 Å². The van der Waals surface area contributed by atoms with Crippen molar-refractivity contribution in [2.75, 3.05) is 26.2 Å². The van der Waals surface area contributed by atoms with Gasteiger partial charge in [-0.3, -0.25) is 53.3 Å². The fourth-order valence-corrected chi connectivity index (χ4v) is 9.07. The standard InChI is InChI=1S/C56H98N20O10/c1-8-32(6)44(52(84)71-38(19-11-12-22-57)47(79)70-39(20-14-24-66-55(61)62)48(80)72-40(53(85)86)21-15-25-67-56(63)64)76-45(77)33(7)69-49(81)41(26-30(2)3)74-51(83)43(28-34-29-68-37-18-10-9-16-35(34)37)75-50(82)42(27-31(4)5)73-46(78)36(58)17-13-23-65-54(59)60/h9-10,16,18,29-33,36,38-44,68H,8,11-15,17,19-28,57-58H2,1-7H3,(H,69,81)(H,70,79)(H,71,84)(H,72,80)(H,73,78)(H,74,83)(H,75,82)(H,76,77)(H,85,86)(H4,59,60,65)(H4,61,62,66)(H4,63,64,67)/t32-,33-,36-,38-,39-,40-,41-,42-,43-,44-/m0/s1. The van der Waals surface area contributed by atoms with Gasteiger partial charge in [0.1, 0.15) is 48.3 Å². The highest BCUT2D eigenvalue weighted by atomic mass is 16.4. The molecule has 482 valence electrons. The van der Waals surface area contributed by atoms with Gasteiger partial charge in [0.15, 0.2) is 17.9 Å². The number of aromatic nitrogens is 1. The summed E-state index contributed by atoms with van der Waals surface area (Å²) in [7, 11) is 0. The molecule has 30 heteroatoms. The Labute approximate surface area is 503 Å². The molecule has 0 radical (unpaired) electrons. The maximum absolute atomic E-state index is 14.6. The Morgan fingerprint density at radius 1 is 0.512 bits per heavy atom. The van der Waals surface area contributed by atoms with E-state index in [0.717, 1.165) is 10.9 Å². The number of guanidine groups is 3. The first-order valence-corrected chi connectivity index (χ1v) is 29.4. The van der Waals surface area contributed by atoms with E-state index in [4.69, 9.17) is 45.9 Å². The third-order valence-electron chi connectivity index (χ3n) is 14.0. The van der Waals surface area contributed by atoms with Gasteiger partial charge in [-0.25, -0.2) is 4.79 Å². The number of unbranched alkanes of at least 4 members (excludes halogenated alkanes) is 1. The SMILES string of the molecule is CC[C@H](C)[C@H](NC(=O)[C@H](C)NC(=O)[C@H](CC(C)C)NC(=O)[C@H](Cc1c[nH]c2ccccc12)NC(=O)[C@H](CC(C)C)NC(=O)[C@@H](N)CCCN=C(N)N)C(=O)N[C@@H](CCCCN)C(=O)N[C@@H](CCCN=C(N)N)C(=O)N[C@@H](CCCN=C(N)N)C(=O)O. The molecule has 2 rings (SSSR count). The van der Waals surface area contributed by atoms with E-state index in [-0.39, 0.29) is 114 Å². The lowest BCUT2D eigenvalue weighted by Crippen LogP contribution is -2.61. The maximum Gasteiger partial charge on any atom is 0.326 e. The van der Waals surface area contributed by atoms with Crippen molar-refractivity contribution in [3.05, 3.63) is 36.0 Å². The topological polar surface area (TPSA) is 531 Å². The predicted octanol–water partition coefficient (Wildman–Crippen LogP) is -2.55. The summed E-state index contributed by atoms with van der Waals surface area (Å²) < 4.78 is 0. The van der Waals surface area contributed by atoms with Gasteiger partial charge in [-0.15, -0.1) is 0 Å². The highest BCUT2D eigenvalue weighted by molar-refractivity contribution is 5.98. The average Bonchev–Trinajstić information content (AvgIpc) is 3.80. The second-order valence-corrected chi connectivity index (χ2v) is 22.4. The van der Waals surface area contributed by atoms with Gasteiger partial charge in [-0.1, -0.05) is 66.2 Å². The molecule has 2 aromatic rings. The van der Waals surface area contributed by atoms with Crippen LogP contribution >= 0.6 is 0 Å². The van der Waals surface area contributed by atoms with Crippen molar-refractivity contribution >= 4 is 82.0 Å². The second kappa shape index (κ2) is 38.6. The van der Waals surface area contributed by atoms with Crippen molar-refractivity contribution in [1.29, 1.82) is 0 Å². The summed E-state index contributed by atoms with van der Waals surface area (Å²) >= 11 is 0. The Bertz CT molecular complexity index is 2620. The first kappa shape index (κ1) is 73.8. The summed E-state index contributed by atoms with van der Waals surface area (Å²) in [5.74, 6) is -8.52. The van der Waals surface area contributed by atoms with E-state index in [1.165, 1.54) is 6.92 Å². The summed E-state index contributed by atoms with van der Waals surface area (Å²) in [6, 6.07) is -3.79. The molecule has 0 bridgehead atoms. The lowest BCUT2D eigenvalue weighted by atomic mass is 9.97. The Balaban J connectivity index is 2.42. The number of aliphatic carboxylic acids is 1. The van der Waals surface area contributed by atoms with Crippen LogP contribution in [-0.4, -0.2) is 162 Å². The van der Waals surface area contributed by atoms with Crippen molar-refractivity contribution in [2.45, 2.75) is 186 Å². The summed E-state index contributed by atoms with van der Waals surface area (Å²) in [6.07, 6.45) is 4.11. The van der Waals surface area contributed by atoms with E-state index >= 15 is 0 Å². The number of H-pyrrole nitrogens is 1. The minimum atomic E-state index is -1.38. The Kier molecular flexibility index (Phi) is 33.2. The van der Waals surface area contributed by atoms with Gasteiger partial charge in [-0.2, -0.15) is 0 Å². The average molecular weight is 1210 g/mol. The molecule has 30 nitrogen and oxygen atoms in total. The molecule has 10 atom stereocenters. The number of fused-ring (bicyclic) bond motifs is 1. The molecular formula is C56H98N20O10. The fraction of sp³-hybridized carbons (Fsp3) is 0.643. The predicted molar refractivity (Wildman–Crippen MR) is 330 cm³/mol. The number of carboxylic acids is 1. The highest BCUT2D eigenvalue weighted by Crippen LogP contribution is 2.20. The number of carbonyl (C=O) groups is 9. The molecular weight excluding hydrogens is 1110 g/mol. The summed E-state index contributed by atoms with van der Waals surface area (Å²) in [6.45, 7) is 13.0. The third-order valence-corrected chi connectivity index (χ3v) is 14.0. The molecule has 0 saturated heterocycles. The molecule has 0 unspecified atom stereocenters. The number of hydrogen-bond donors (Lipinski definition) is 18. The van der Waals surface area contributed by atoms with Crippen molar-refractivity contribution in [3.8, 4) is 0 Å². The van der Waals surface area contributed by atoms with Gasteiger partial charge in [0.25, 0.3) is 0 Å². The maximum atomic E-state index is 14.6. The van der Waals surface area contributed by atoms with E-state index in [1.807, 2.05) is 52.0 Å². The number of para-hydroxylation sites is 1. The lowest BCUT2D eigenvalue weighted by molar-refractivity contribution is -0.142. The zero-order valence-corrected chi connectivity index (χ0v) is 50.9. The number of aromatic amines is 1. The summed E-state index contributed by atoms with van der Waals surface area (Å²) in [4.78, 5) is 140. The number of benzene rings is 1. The third kappa shape index (κ3) is 27.6. The number of hydrogen-bond acceptors (Lipinski definition) is 14. The molecule has 86 heavy (non-hydrogen) atoms. The van der Waals surface area contributed by atoms with Crippen LogP contribution in [-0.2, 0) is 49.6 Å². The Morgan fingerprint density at radius 3 is 1.45 bits per heavy atom. The van der Waals surface area contributed by atoms with E-state index in [9.17, 15) is 48.3 Å². The molecule has 8 amide bonds. The van der Waals surface area contributed by atoms with Crippen molar-refractivity contribution in [2.24, 2.45) is 78.6 Å². The van der Waals surface area contributed by atoms with Crippen LogP contribution in [0.25, 0.3) is 10.9 Å². The molecule has 0 saturated carbocycles. The number of carbonyl (C=O) groups excluding carboxylic acids is 8. The van der Waals surface area contributed by atoms with Crippen LogP contribution in [0.1, 0.15) is 131 Å². The first-order chi connectivity index (χ1) is 40.6. The molecule has 26 N–H and O–H groups in total. The van der Waals surface area contributed by atoms with Crippen LogP contribution in [0.15, 0.2) is 45.4 Å². The zero-order valence-electron chi connectivity index (χ0n) is 50.9. The quantitative estimate of drug-likeness (QED) is 0.0185. The first-order valence-electron chi connectivity index (χ1n) is 29.4. The van der Waals surface area contributed by atoms with Gasteiger partial charge in [-0.05, 0) is 113 Å². The summed E-state index contributed by atoms with van der Waals surface area (Å²) in [5.41, 5.74) is 46.0. The van der Waals surface area contributed by atoms with E-state index < -0.39 is 114 Å². The molecule has 1 aromatic carbocycles. The molecule has 1 heterocycles. The molecule has 0 fully saturated rings. The van der Waals surface area contributed by atoms with Crippen LogP contribution in [0.5, 0.6) is 0 Å².